The quantitative estimate of drug-likeness (QED) is 0.0365. The fraction of sp³-hybridized carbons (Fsp3) is 0.515. The monoisotopic (exact) mass is 1190 g/mol. The van der Waals surface area contributed by atoms with E-state index in [0.717, 1.165) is 150 Å². The molecular weight excluding hydrogens is 1110 g/mol. The number of nitrogens with one attached hydrogen (secondary N) is 2. The van der Waals surface area contributed by atoms with Crippen LogP contribution in [0, 0.1) is 5.92 Å². The average Bonchev–Trinajstić information content (AvgIpc) is 2.11. The van der Waals surface area contributed by atoms with Crippen LogP contribution in [0.2, 0.25) is 0 Å². The number of thiazole rings is 1. The van der Waals surface area contributed by atoms with Crippen LogP contribution >= 0.6 is 11.3 Å². The number of carbonyl (C=O) groups excluding carboxylic acids is 3. The molecule has 4 aromatic carbocycles. The number of aromatic hydroxyl groups is 1. The van der Waals surface area contributed by atoms with Gasteiger partial charge in [-0.15, -0.1) is 11.3 Å². The van der Waals surface area contributed by atoms with E-state index in [1.807, 2.05) is 59.2 Å². The number of piperazine rings is 1. The number of hydrogen-bond donors (Lipinski definition) is 3. The van der Waals surface area contributed by atoms with E-state index < -0.39 is 6.04 Å². The number of nitrogens with zero attached hydrogens (tertiary/aromatic N) is 8. The van der Waals surface area contributed by atoms with Crippen LogP contribution in [0.1, 0.15) is 87.0 Å². The van der Waals surface area contributed by atoms with E-state index in [9.17, 15) is 19.5 Å². The summed E-state index contributed by atoms with van der Waals surface area (Å²) in [5, 5.41) is 24.0. The first-order valence-corrected chi connectivity index (χ1v) is 32.0. The van der Waals surface area contributed by atoms with Crippen molar-refractivity contribution in [1.82, 2.24) is 40.3 Å². The number of likely N-dealkylation sites (tertiary alicyclic amines) is 2. The zero-order chi connectivity index (χ0) is 59.4. The van der Waals surface area contributed by atoms with Crippen molar-refractivity contribution in [3.8, 4) is 28.8 Å². The molecule has 458 valence electrons. The van der Waals surface area contributed by atoms with E-state index in [1.165, 1.54) is 12.5 Å². The molecule has 2 aromatic heterocycles. The molecule has 6 aromatic rings. The van der Waals surface area contributed by atoms with Gasteiger partial charge in [-0.1, -0.05) is 74.4 Å². The molecule has 0 radical (unpaired) electrons. The number of carbonyl (C=O) groups is 3. The maximum Gasteiger partial charge on any atom is 0.318 e. The summed E-state index contributed by atoms with van der Waals surface area (Å²) in [5.41, 5.74) is 4.88. The zero-order valence-corrected chi connectivity index (χ0v) is 50.8. The van der Waals surface area contributed by atoms with Gasteiger partial charge in [0.1, 0.15) is 41.6 Å². The normalized spacial score (nSPS) is 18.7. The first kappa shape index (κ1) is 60.7. The highest BCUT2D eigenvalue weighted by molar-refractivity contribution is 7.10. The molecule has 0 bridgehead atoms. The smallest absolute Gasteiger partial charge is 0.318 e. The number of rotatable bonds is 25. The summed E-state index contributed by atoms with van der Waals surface area (Å²) in [4.78, 5) is 65.9. The van der Waals surface area contributed by atoms with Gasteiger partial charge in [0, 0.05) is 97.9 Å². The number of hydrogen-bond acceptors (Lipinski definition) is 17. The molecule has 0 spiro atoms. The van der Waals surface area contributed by atoms with Gasteiger partial charge in [-0.2, -0.15) is 9.97 Å². The lowest BCUT2D eigenvalue weighted by molar-refractivity contribution is -0.139. The number of anilines is 2. The maximum absolute atomic E-state index is 14.4. The Bertz CT molecular complexity index is 3290. The Balaban J connectivity index is 0.592. The van der Waals surface area contributed by atoms with Crippen molar-refractivity contribution in [2.45, 2.75) is 102 Å². The van der Waals surface area contributed by atoms with Crippen molar-refractivity contribution in [1.29, 1.82) is 0 Å². The molecule has 4 fully saturated rings. The molecule has 3 N–H and O–H groups in total. The number of fused-ring (bicyclic) bond motifs is 3. The Kier molecular flexibility index (Phi) is 20.6. The van der Waals surface area contributed by atoms with Gasteiger partial charge in [0.15, 0.2) is 0 Å². The van der Waals surface area contributed by atoms with E-state index in [0.29, 0.717) is 91.5 Å². The number of amides is 3. The number of phenols is 1. The molecule has 86 heavy (non-hydrogen) atoms. The Morgan fingerprint density at radius 3 is 2.28 bits per heavy atom. The number of likely N-dealkylation sites (N-methyl/N-ethyl adjacent to an activating group) is 1. The predicted octanol–water partition coefficient (Wildman–Crippen LogP) is 8.32. The second-order valence-electron chi connectivity index (χ2n) is 23.3. The number of piperidine rings is 1. The number of benzene rings is 4. The zero-order valence-electron chi connectivity index (χ0n) is 50.0. The van der Waals surface area contributed by atoms with Gasteiger partial charge in [-0.3, -0.25) is 19.3 Å². The first-order valence-electron chi connectivity index (χ1n) is 31.2. The number of ether oxygens (including phenoxy) is 5. The molecule has 1 saturated carbocycles. The van der Waals surface area contributed by atoms with Crippen LogP contribution < -0.4 is 29.9 Å². The summed E-state index contributed by atoms with van der Waals surface area (Å²) in [6.07, 6.45) is 11.1. The summed E-state index contributed by atoms with van der Waals surface area (Å²) in [7, 11) is 1.77. The summed E-state index contributed by atoms with van der Waals surface area (Å²) in [6, 6.07) is 23.4. The molecule has 20 heteroatoms. The van der Waals surface area contributed by atoms with Crippen molar-refractivity contribution in [2.75, 3.05) is 122 Å². The summed E-state index contributed by atoms with van der Waals surface area (Å²) >= 11 is 1.60. The predicted molar refractivity (Wildman–Crippen MR) is 335 cm³/mol. The Morgan fingerprint density at radius 2 is 1.50 bits per heavy atom. The highest BCUT2D eigenvalue weighted by atomic mass is 32.1. The highest BCUT2D eigenvalue weighted by Gasteiger charge is 2.40. The molecular formula is C66H84N10O9S. The van der Waals surface area contributed by atoms with Gasteiger partial charge < -0.3 is 59.0 Å². The third kappa shape index (κ3) is 14.5. The Morgan fingerprint density at radius 1 is 0.756 bits per heavy atom. The molecule has 3 amide bonds. The van der Waals surface area contributed by atoms with Gasteiger partial charge in [0.25, 0.3) is 0 Å². The molecule has 4 aliphatic heterocycles. The van der Waals surface area contributed by atoms with Gasteiger partial charge in [-0.25, -0.2) is 4.98 Å². The van der Waals surface area contributed by atoms with E-state index in [1.54, 1.807) is 24.5 Å². The van der Waals surface area contributed by atoms with Gasteiger partial charge in [0.05, 0.1) is 69.2 Å². The van der Waals surface area contributed by atoms with Crippen molar-refractivity contribution >= 4 is 62.1 Å². The maximum atomic E-state index is 14.4. The second kappa shape index (κ2) is 29.2. The fourth-order valence-electron chi connectivity index (χ4n) is 13.0. The molecule has 3 saturated heterocycles. The second-order valence-corrected chi connectivity index (χ2v) is 24.2. The molecule has 3 atom stereocenters. The highest BCUT2D eigenvalue weighted by Crippen LogP contribution is 2.41. The van der Waals surface area contributed by atoms with Crippen LogP contribution in [0.4, 0.5) is 11.5 Å². The standard InChI is InChI=1S/C66H84N10O9S/c1-4-60(78)73-29-31-74(32-30-73)62-54-24-28-75(58-42-48(77)41-47-15-8-9-16-50(47)58)43-55(54)69-66(71-62)85-34-33-72-26-22-49(23-27-72)83-39-37-81-35-36-82-38-40-84-59-21-20-52(51-17-10-11-18-53(51)59)56-44-86-64(68-56)57-19-12-25-76(57)65(80)61(46-13-6-5-7-14-46)70-63(79)45(2)67-3/h4,8-11,15-18,20-21,41-42,44-46,49,57,61,67,77H,1,5-7,12-14,19,22-40,43H2,2-3H3,(H,70,79)/t45-,57-,61-/m0/s1. The Hall–Kier alpha value is -6.94. The molecule has 5 aliphatic rings. The van der Waals surface area contributed by atoms with Gasteiger partial charge in [-0.05, 0) is 99.9 Å². The minimum Gasteiger partial charge on any atom is -0.508 e. The SMILES string of the molecule is C=CC(=O)N1CCN(c2nc(OCCN3CCC(OCCOCCOCCOc4ccc(-c5csc([C@@H]6CCCN6C(=O)[C@@H](NC(=O)[C@H](C)NC)C6CCCCC6)n5)c5ccccc45)CC3)nc3c2CCN(c2cc(O)cc4ccccc24)C3)CC1. The first-order chi connectivity index (χ1) is 42.1. The number of aromatic nitrogens is 3. The molecule has 0 unspecified atom stereocenters. The fourth-order valence-corrected chi connectivity index (χ4v) is 14.0. The lowest BCUT2D eigenvalue weighted by Gasteiger charge is -2.38. The summed E-state index contributed by atoms with van der Waals surface area (Å²) < 4.78 is 30.7. The summed E-state index contributed by atoms with van der Waals surface area (Å²) in [6.45, 7) is 15.7. The van der Waals surface area contributed by atoms with Crippen molar-refractivity contribution < 1.29 is 43.2 Å². The molecule has 1 aliphatic carbocycles. The van der Waals surface area contributed by atoms with Crippen molar-refractivity contribution in [2.24, 2.45) is 5.92 Å². The largest absolute Gasteiger partial charge is 0.508 e. The average molecular weight is 1190 g/mol. The van der Waals surface area contributed by atoms with Crippen LogP contribution in [0.3, 0.4) is 0 Å². The third-order valence-electron chi connectivity index (χ3n) is 17.9. The van der Waals surface area contributed by atoms with Crippen LogP contribution in [-0.2, 0) is 41.6 Å². The summed E-state index contributed by atoms with van der Waals surface area (Å²) in [5.74, 6) is 1.85. The lowest BCUT2D eigenvalue weighted by Crippen LogP contribution is -2.55. The Labute approximate surface area is 509 Å². The van der Waals surface area contributed by atoms with E-state index in [-0.39, 0.29) is 47.6 Å². The molecule has 19 nitrogen and oxygen atoms in total. The molecule has 6 heterocycles. The van der Waals surface area contributed by atoms with Crippen LogP contribution in [0.15, 0.2) is 90.8 Å². The van der Waals surface area contributed by atoms with E-state index in [2.05, 4.69) is 61.6 Å². The molecule has 11 rings (SSSR count). The van der Waals surface area contributed by atoms with Gasteiger partial charge >= 0.3 is 6.01 Å². The van der Waals surface area contributed by atoms with Crippen LogP contribution in [0.5, 0.6) is 17.5 Å². The third-order valence-corrected chi connectivity index (χ3v) is 18.8. The van der Waals surface area contributed by atoms with Crippen LogP contribution in [0.25, 0.3) is 32.8 Å². The minimum atomic E-state index is -0.530. The van der Waals surface area contributed by atoms with E-state index >= 15 is 0 Å². The van der Waals surface area contributed by atoms with Crippen molar-refractivity contribution in [3.05, 3.63) is 107 Å². The minimum absolute atomic E-state index is 0.0169. The van der Waals surface area contributed by atoms with Gasteiger partial charge in [0.2, 0.25) is 17.7 Å². The van der Waals surface area contributed by atoms with Crippen molar-refractivity contribution in [3.63, 3.8) is 0 Å². The van der Waals surface area contributed by atoms with Crippen LogP contribution in [-0.4, -0.2) is 183 Å². The lowest BCUT2D eigenvalue weighted by atomic mass is 9.83. The topological polar surface area (TPSA) is 197 Å². The van der Waals surface area contributed by atoms with E-state index in [4.69, 9.17) is 38.6 Å². The number of phenolic OH excluding ortho intramolecular Hbond substituents is 1.